The molecule has 41 heteroatoms. The summed E-state index contributed by atoms with van der Waals surface area (Å²) in [6.45, 7) is 22.6. The van der Waals surface area contributed by atoms with E-state index >= 15 is 0 Å². The van der Waals surface area contributed by atoms with Gasteiger partial charge < -0.3 is 56.3 Å². The monoisotopic (exact) mass is 2000 g/mol. The van der Waals surface area contributed by atoms with Gasteiger partial charge in [0.05, 0.1) is 91.1 Å². The molecule has 0 saturated carbocycles. The van der Waals surface area contributed by atoms with E-state index in [1.807, 2.05) is 4.90 Å². The molecule has 0 aliphatic carbocycles. The molecule has 0 N–H and O–H groups in total. The first-order chi connectivity index (χ1) is 67.6. The highest BCUT2D eigenvalue weighted by Gasteiger charge is 2.47. The fraction of sp³-hybridized carbons (Fsp3) is 0.455. The van der Waals surface area contributed by atoms with Crippen molar-refractivity contribution in [2.45, 2.75) is 154 Å². The minimum absolute atomic E-state index is 0.0202. The number of likely N-dealkylation sites (tertiary alicyclic amines) is 2. The van der Waals surface area contributed by atoms with Gasteiger partial charge in [0.2, 0.25) is 0 Å². The molecule has 4 bridgehead atoms. The molecule has 9 saturated heterocycles. The first-order valence-corrected chi connectivity index (χ1v) is 47.0. The van der Waals surface area contributed by atoms with Crippen LogP contribution in [0, 0.1) is 81.4 Å². The molecule has 9 aliphatic heterocycles. The lowest BCUT2D eigenvalue weighted by molar-refractivity contribution is -0.180. The lowest BCUT2D eigenvalue weighted by Crippen LogP contribution is -2.64. The molecule has 5 aromatic carbocycles. The van der Waals surface area contributed by atoms with Gasteiger partial charge in [0, 0.05) is 268 Å². The van der Waals surface area contributed by atoms with Crippen LogP contribution in [0.2, 0.25) is 0 Å². The summed E-state index contributed by atoms with van der Waals surface area (Å²) in [5.74, 6) is -2.31. The molecular formula is C101H100F21N15O5. The molecule has 19 heterocycles. The maximum Gasteiger partial charge on any atom is 0.435 e. The molecule has 0 radical (unpaired) electrons. The Bertz CT molecular complexity index is 7250. The summed E-state index contributed by atoms with van der Waals surface area (Å²) in [6, 6.07) is 21.1. The number of aromatic nitrogens is 10. The molecule has 142 heavy (non-hydrogen) atoms. The van der Waals surface area contributed by atoms with E-state index in [4.69, 9.17) is 23.7 Å². The zero-order valence-corrected chi connectivity index (χ0v) is 78.0. The summed E-state index contributed by atoms with van der Waals surface area (Å²) in [7, 11) is 1.70. The highest BCUT2D eigenvalue weighted by atomic mass is 19.4. The number of rotatable bonds is 16. The van der Waals surface area contributed by atoms with Crippen LogP contribution >= 0.6 is 0 Å². The summed E-state index contributed by atoms with van der Waals surface area (Å²) in [6.07, 6.45) is -12.8. The summed E-state index contributed by atoms with van der Waals surface area (Å²) in [5.41, 5.74) is -1.11. The number of ether oxygens (including phenoxy) is 5. The van der Waals surface area contributed by atoms with Crippen molar-refractivity contribution in [3.05, 3.63) is 207 Å². The first kappa shape index (κ1) is 99.7. The maximum atomic E-state index is 15.0. The standard InChI is InChI=1S/C21H21F4N3O.C21H23F4N3O.2C20H19F4N3O.C19H18F5N3O/c1-12-6-18-16(7-17(12)22)15-2-3-26-20(21(23,24)25)19(15)28(18)5-4-27-8-13-10-29-11-14(13)9-27;1-13-11-18-16(12-17(13)22)15-3-6-26-20(21(23,24)25)19(15)28(18)10-9-27-7-4-14(29-2)5-8-27;1-11-6-17-15(8-16(11)21)14-2-3-25-19(20(22,23)24)18(14)27(17)5-4-26-12-7-13(26)10-28-9-12;1-11-6-17-15(8-16(11)21)14-2-3-25-19(20(22,23)24)18(14)27(17)5-4-26-9-12-7-13(10-26)28-12;1-11-14(20)10-13-12-2-3-25-18(19(22,23)24)17(12)27(16(13)15(11)21)5-4-26-6-8-28-9-7-26/h2-3,6-7,13-14H,4-5,8-11H2,1H3;3,6,11-12,14H,4-5,7-10H2,1-2H3;2*2-3,6,8,12-13H,4-5,7,9-10H2,1H3;2-3,10H,4-9H2,1H3. The van der Waals surface area contributed by atoms with E-state index in [-0.39, 0.29) is 74.3 Å². The van der Waals surface area contributed by atoms with Gasteiger partial charge in [-0.3, -0.25) is 14.7 Å². The Kier molecular flexibility index (Phi) is 27.5. The molecule has 756 valence electrons. The summed E-state index contributed by atoms with van der Waals surface area (Å²) >= 11 is 0. The van der Waals surface area contributed by atoms with Crippen molar-refractivity contribution in [3.63, 3.8) is 0 Å². The molecule has 9 aliphatic rings. The van der Waals surface area contributed by atoms with Crippen LogP contribution in [-0.4, -0.2) is 234 Å². The van der Waals surface area contributed by atoms with Crippen LogP contribution in [0.25, 0.3) is 109 Å². The second-order valence-corrected chi connectivity index (χ2v) is 37.9. The van der Waals surface area contributed by atoms with Crippen molar-refractivity contribution >= 4 is 109 Å². The Morgan fingerprint density at radius 3 is 0.972 bits per heavy atom. The van der Waals surface area contributed by atoms with E-state index in [9.17, 15) is 92.2 Å². The van der Waals surface area contributed by atoms with Gasteiger partial charge in [0.1, 0.15) is 29.1 Å². The second-order valence-electron chi connectivity index (χ2n) is 37.9. The normalized spacial score (nSPS) is 20.3. The zero-order chi connectivity index (χ0) is 100. The Balaban J connectivity index is 0.000000113. The van der Waals surface area contributed by atoms with Gasteiger partial charge in [-0.25, -0.2) is 51.3 Å². The lowest BCUT2D eigenvalue weighted by Gasteiger charge is -2.52. The third-order valence-electron chi connectivity index (χ3n) is 29.1. The molecule has 0 amide bonds. The number of morpholine rings is 3. The van der Waals surface area contributed by atoms with Crippen LogP contribution in [0.15, 0.2) is 116 Å². The largest absolute Gasteiger partial charge is 0.435 e. The van der Waals surface area contributed by atoms with Crippen LogP contribution in [0.1, 0.15) is 82.0 Å². The highest BCUT2D eigenvalue weighted by molar-refractivity contribution is 6.13. The van der Waals surface area contributed by atoms with Crippen LogP contribution in [0.3, 0.4) is 0 Å². The maximum absolute atomic E-state index is 15.0. The van der Waals surface area contributed by atoms with E-state index in [2.05, 4.69) is 44.5 Å². The fourth-order valence-electron chi connectivity index (χ4n) is 21.8. The molecule has 6 atom stereocenters. The van der Waals surface area contributed by atoms with Crippen LogP contribution in [0.5, 0.6) is 0 Å². The number of pyridine rings is 5. The number of hydrogen-bond acceptors (Lipinski definition) is 15. The number of alkyl halides is 15. The number of fused-ring (bicyclic) bond motifs is 20. The number of halogens is 21. The molecule has 10 aromatic heterocycles. The van der Waals surface area contributed by atoms with E-state index < -0.39 is 94.3 Å². The average Bonchev–Trinajstić information content (AvgIpc) is 1.47. The molecule has 0 spiro atoms. The van der Waals surface area contributed by atoms with Crippen LogP contribution in [-0.2, 0) is 87.3 Å². The average molecular weight is 2000 g/mol. The SMILES string of the molecule is COC1CCN(CCn2c3cc(C)c(F)cc3c3ccnc(C(F)(F)F)c32)CC1.Cc1c(F)cc2c3ccnc(C(F)(F)F)c3n(CCN3CCOCC3)c2c1F.Cc1cc2c(cc1F)c1ccnc(C(F)(F)F)c1n2CCN1C2COCC1C2.Cc1cc2c(cc1F)c1ccnc(C(F)(F)F)c1n2CCN1CC2CC(C1)O2.Cc1cc2c(cc1F)c1ccnc(C(F)(F)F)c1n2CCN1CC2COCC2C1. The number of benzene rings is 5. The van der Waals surface area contributed by atoms with Crippen LogP contribution in [0.4, 0.5) is 92.2 Å². The quantitative estimate of drug-likeness (QED) is 0.0843. The number of nitrogens with zero attached hydrogens (tertiary/aromatic N) is 15. The summed E-state index contributed by atoms with van der Waals surface area (Å²) in [5, 5.41) is 3.70. The Morgan fingerprint density at radius 2 is 0.627 bits per heavy atom. The molecule has 15 aromatic rings. The van der Waals surface area contributed by atoms with E-state index in [0.717, 1.165) is 115 Å². The van der Waals surface area contributed by atoms with Gasteiger partial charge in [-0.15, -0.1) is 0 Å². The van der Waals surface area contributed by atoms with Gasteiger partial charge in [-0.1, -0.05) is 0 Å². The van der Waals surface area contributed by atoms with Gasteiger partial charge in [-0.05, 0) is 161 Å². The van der Waals surface area contributed by atoms with Crippen molar-refractivity contribution in [1.82, 2.24) is 72.3 Å². The second kappa shape index (κ2) is 39.2. The van der Waals surface area contributed by atoms with Gasteiger partial charge in [0.15, 0.2) is 34.3 Å². The van der Waals surface area contributed by atoms with Crippen molar-refractivity contribution < 1.29 is 116 Å². The van der Waals surface area contributed by atoms with E-state index in [0.29, 0.717) is 210 Å². The molecule has 9 fully saturated rings. The summed E-state index contributed by atoms with van der Waals surface area (Å²) < 4.78 is 326. The van der Waals surface area contributed by atoms with Crippen molar-refractivity contribution in [2.24, 2.45) is 11.8 Å². The predicted octanol–water partition coefficient (Wildman–Crippen LogP) is 21.4. The lowest BCUT2D eigenvalue weighted by atomic mass is 9.91. The van der Waals surface area contributed by atoms with Gasteiger partial charge in [-0.2, -0.15) is 65.9 Å². The Morgan fingerprint density at radius 1 is 0.324 bits per heavy atom. The number of methoxy groups -OCH3 is 1. The smallest absolute Gasteiger partial charge is 0.381 e. The number of aryl methyl sites for hydroxylation is 4. The molecular weight excluding hydrogens is 1900 g/mol. The Hall–Kier alpha value is -11.0. The van der Waals surface area contributed by atoms with Crippen molar-refractivity contribution in [3.8, 4) is 0 Å². The minimum Gasteiger partial charge on any atom is -0.381 e. The van der Waals surface area contributed by atoms with Gasteiger partial charge in [0.25, 0.3) is 0 Å². The molecule has 20 nitrogen and oxygen atoms in total. The Labute approximate surface area is 798 Å². The van der Waals surface area contributed by atoms with Crippen molar-refractivity contribution in [2.75, 3.05) is 132 Å². The minimum atomic E-state index is -4.71. The van der Waals surface area contributed by atoms with Gasteiger partial charge >= 0.3 is 30.9 Å². The third-order valence-corrected chi connectivity index (χ3v) is 29.1. The van der Waals surface area contributed by atoms with Crippen LogP contribution < -0.4 is 0 Å². The summed E-state index contributed by atoms with van der Waals surface area (Å²) in [4.78, 5) is 29.1. The predicted molar refractivity (Wildman–Crippen MR) is 492 cm³/mol. The zero-order valence-electron chi connectivity index (χ0n) is 78.0. The number of piperidine rings is 2. The van der Waals surface area contributed by atoms with E-state index in [1.54, 1.807) is 77.3 Å². The topological polar surface area (TPSA) is 151 Å². The van der Waals surface area contributed by atoms with Crippen molar-refractivity contribution in [1.29, 1.82) is 0 Å². The highest BCUT2D eigenvalue weighted by Crippen LogP contribution is 2.47. The first-order valence-electron chi connectivity index (χ1n) is 47.0. The fourth-order valence-corrected chi connectivity index (χ4v) is 21.8. The van der Waals surface area contributed by atoms with E-state index in [1.165, 1.54) is 66.1 Å². The molecule has 6 unspecified atom stereocenters. The molecule has 24 rings (SSSR count). The number of hydrogen-bond donors (Lipinski definition) is 0. The third kappa shape index (κ3) is 19.4.